The molecule has 0 radical (unpaired) electrons. The first kappa shape index (κ1) is 41.9. The number of hydrogen-bond donors (Lipinski definition) is 3. The molecule has 5 atom stereocenters. The van der Waals surface area contributed by atoms with E-state index in [9.17, 15) is 28.8 Å². The van der Waals surface area contributed by atoms with E-state index in [0.717, 1.165) is 79.4 Å². The van der Waals surface area contributed by atoms with Crippen LogP contribution in [0.3, 0.4) is 0 Å². The first-order valence-electron chi connectivity index (χ1n) is 21.6. The number of nitrogens with one attached hydrogen (secondary N) is 3. The number of carbonyl (C=O) groups excluding carboxylic acids is 6. The summed E-state index contributed by atoms with van der Waals surface area (Å²) in [5, 5.41) is 8.86. The summed E-state index contributed by atoms with van der Waals surface area (Å²) in [4.78, 5) is 91.3. The molecule has 61 heavy (non-hydrogen) atoms. The monoisotopic (exact) mass is 846 g/mol. The molecule has 8 rings (SSSR count). The number of benzene rings is 2. The second kappa shape index (κ2) is 18.4. The van der Waals surface area contributed by atoms with E-state index in [2.05, 4.69) is 42.7 Å². The highest BCUT2D eigenvalue weighted by Crippen LogP contribution is 2.44. The third kappa shape index (κ3) is 9.27. The largest absolute Gasteiger partial charge is 0.355 e. The summed E-state index contributed by atoms with van der Waals surface area (Å²) in [6, 6.07) is 12.3. The van der Waals surface area contributed by atoms with E-state index in [1.165, 1.54) is 6.33 Å². The number of rotatable bonds is 14. The van der Waals surface area contributed by atoms with Crippen molar-refractivity contribution >= 4 is 58.7 Å². The third-order valence-electron chi connectivity index (χ3n) is 12.6. The third-order valence-corrected chi connectivity index (χ3v) is 12.9. The maximum Gasteiger partial charge on any atom is 0.255 e. The summed E-state index contributed by atoms with van der Waals surface area (Å²) in [7, 11) is 0. The zero-order valence-corrected chi connectivity index (χ0v) is 35.1. The number of fused-ring (bicyclic) bond motifs is 3. The molecular weight excluding hydrogens is 796 g/mol. The average molecular weight is 847 g/mol. The number of aromatic nitrogens is 2. The van der Waals surface area contributed by atoms with Crippen molar-refractivity contribution in [2.45, 2.75) is 120 Å². The molecule has 14 nitrogen and oxygen atoms in total. The van der Waals surface area contributed by atoms with Gasteiger partial charge < -0.3 is 25.3 Å². The summed E-state index contributed by atoms with van der Waals surface area (Å²) in [5.41, 5.74) is 3.95. The van der Waals surface area contributed by atoms with Crippen LogP contribution in [0, 0.1) is 11.8 Å². The second-order valence-corrected chi connectivity index (χ2v) is 17.2. The Hall–Kier alpha value is -5.81. The maximum atomic E-state index is 14.2. The minimum Gasteiger partial charge on any atom is -0.355 e. The van der Waals surface area contributed by atoms with E-state index in [1.807, 2.05) is 36.1 Å². The first-order valence-corrected chi connectivity index (χ1v) is 21.9. The zero-order valence-electron chi connectivity index (χ0n) is 34.4. The Morgan fingerprint density at radius 2 is 1.70 bits per heavy atom. The van der Waals surface area contributed by atoms with E-state index < -0.39 is 17.9 Å². The van der Waals surface area contributed by atoms with Gasteiger partial charge in [-0.15, -0.1) is 0 Å². The van der Waals surface area contributed by atoms with Crippen molar-refractivity contribution in [1.82, 2.24) is 30.4 Å². The van der Waals surface area contributed by atoms with Crippen LogP contribution < -0.4 is 20.9 Å². The van der Waals surface area contributed by atoms with E-state index in [1.54, 1.807) is 23.1 Å². The topological polar surface area (TPSA) is 174 Å². The van der Waals surface area contributed by atoms with Crippen LogP contribution in [0.15, 0.2) is 48.8 Å². The molecule has 3 fully saturated rings. The lowest BCUT2D eigenvalue weighted by molar-refractivity contribution is -0.137. The lowest BCUT2D eigenvalue weighted by atomic mass is 9.94. The molecule has 4 aliphatic heterocycles. The summed E-state index contributed by atoms with van der Waals surface area (Å²) in [6.07, 6.45) is 10.1. The molecule has 2 aromatic carbocycles. The molecule has 6 amide bonds. The summed E-state index contributed by atoms with van der Waals surface area (Å²) in [5.74, 6) is 6.29. The van der Waals surface area contributed by atoms with Gasteiger partial charge in [-0.25, -0.2) is 9.97 Å². The van der Waals surface area contributed by atoms with E-state index in [-0.39, 0.29) is 60.5 Å². The van der Waals surface area contributed by atoms with Crippen LogP contribution >= 0.6 is 11.6 Å². The first-order chi connectivity index (χ1) is 29.6. The molecule has 1 unspecified atom stereocenters. The minimum absolute atomic E-state index is 0.00476. The number of amides is 6. The van der Waals surface area contributed by atoms with Crippen LogP contribution in [0.5, 0.6) is 0 Å². The van der Waals surface area contributed by atoms with Gasteiger partial charge >= 0.3 is 0 Å². The number of unbranched alkanes of at least 4 members (excludes halogenated alkanes) is 6. The van der Waals surface area contributed by atoms with Crippen LogP contribution in [0.1, 0.15) is 128 Å². The Morgan fingerprint density at radius 3 is 2.51 bits per heavy atom. The number of nitrogens with zero attached hydrogens (tertiary/aromatic N) is 5. The molecule has 3 N–H and O–H groups in total. The predicted octanol–water partition coefficient (Wildman–Crippen LogP) is 5.20. The van der Waals surface area contributed by atoms with Crippen molar-refractivity contribution in [2.75, 3.05) is 29.9 Å². The number of anilines is 2. The molecule has 5 heterocycles. The lowest BCUT2D eigenvalue weighted by Crippen LogP contribution is -2.52. The zero-order chi connectivity index (χ0) is 42.6. The molecule has 318 valence electrons. The summed E-state index contributed by atoms with van der Waals surface area (Å²) >= 11 is 6.21. The molecule has 3 aromatic rings. The second-order valence-electron chi connectivity index (χ2n) is 16.8. The van der Waals surface area contributed by atoms with Crippen molar-refractivity contribution < 1.29 is 28.8 Å². The van der Waals surface area contributed by atoms with Crippen molar-refractivity contribution in [3.05, 3.63) is 81.6 Å². The Bertz CT molecular complexity index is 2290. The van der Waals surface area contributed by atoms with Gasteiger partial charge in [-0.2, -0.15) is 0 Å². The van der Waals surface area contributed by atoms with Gasteiger partial charge in [-0.1, -0.05) is 74.2 Å². The van der Waals surface area contributed by atoms with Gasteiger partial charge in [0.05, 0.1) is 18.0 Å². The average Bonchev–Trinajstić information content (AvgIpc) is 3.98. The van der Waals surface area contributed by atoms with Crippen molar-refractivity contribution in [2.24, 2.45) is 0 Å². The Kier molecular flexibility index (Phi) is 12.7. The molecular formula is C46H51ClN8O6. The van der Waals surface area contributed by atoms with Gasteiger partial charge in [0.1, 0.15) is 24.0 Å². The fourth-order valence-electron chi connectivity index (χ4n) is 9.27. The van der Waals surface area contributed by atoms with Gasteiger partial charge in [0.25, 0.3) is 5.91 Å². The van der Waals surface area contributed by atoms with Gasteiger partial charge in [0.2, 0.25) is 29.5 Å². The van der Waals surface area contributed by atoms with Crippen molar-refractivity contribution in [1.29, 1.82) is 0 Å². The molecule has 15 heteroatoms. The normalized spacial score (nSPS) is 22.0. The number of carbonyl (C=O) groups is 6. The van der Waals surface area contributed by atoms with Crippen LogP contribution in [0.25, 0.3) is 0 Å². The minimum atomic E-state index is -0.651. The maximum absolute atomic E-state index is 14.2. The van der Waals surface area contributed by atoms with Gasteiger partial charge in [0.15, 0.2) is 0 Å². The number of piperidine rings is 1. The Labute approximate surface area is 360 Å². The van der Waals surface area contributed by atoms with E-state index in [4.69, 9.17) is 11.6 Å². The number of halogens is 1. The summed E-state index contributed by atoms with van der Waals surface area (Å²) < 4.78 is 0. The van der Waals surface area contributed by atoms with Gasteiger partial charge in [-0.05, 0) is 67.0 Å². The number of imide groups is 1. The highest BCUT2D eigenvalue weighted by atomic mass is 35.5. The van der Waals surface area contributed by atoms with Crippen LogP contribution in [-0.4, -0.2) is 93.0 Å². The fraction of sp³-hybridized carbons (Fsp3) is 0.478. The molecule has 0 spiro atoms. The highest BCUT2D eigenvalue weighted by Gasteiger charge is 2.53. The Morgan fingerprint density at radius 1 is 0.918 bits per heavy atom. The molecule has 2 saturated heterocycles. The fourth-order valence-corrected chi connectivity index (χ4v) is 9.39. The Balaban J connectivity index is 0.760. The van der Waals surface area contributed by atoms with Gasteiger partial charge in [-0.3, -0.25) is 34.1 Å². The number of piperazine rings is 1. The molecule has 5 aliphatic rings. The van der Waals surface area contributed by atoms with Crippen LogP contribution in [0.4, 0.5) is 11.6 Å². The quantitative estimate of drug-likeness (QED) is 0.112. The summed E-state index contributed by atoms with van der Waals surface area (Å²) in [6.45, 7) is 3.66. The highest BCUT2D eigenvalue weighted by molar-refractivity contribution is 6.30. The molecule has 1 aliphatic carbocycles. The SMILES string of the molecule is C[C@@H]1CC(=O)Nc2ncnc(N3CCN(C(=O)[C@H](CNC(=O)CCCCCCCCC#Cc4cccc5c4CN(C4CCC(=O)NC4=O)C5=O)c4ccc(Cl)cc4)[C@@H]4C[C@@H]43)c21. The van der Waals surface area contributed by atoms with Gasteiger partial charge in [0, 0.05) is 73.6 Å². The van der Waals surface area contributed by atoms with Crippen LogP contribution in [0.2, 0.25) is 5.02 Å². The van der Waals surface area contributed by atoms with Crippen molar-refractivity contribution in [3.63, 3.8) is 0 Å². The predicted molar refractivity (Wildman–Crippen MR) is 228 cm³/mol. The molecule has 1 aromatic heterocycles. The van der Waals surface area contributed by atoms with Crippen molar-refractivity contribution in [3.8, 4) is 11.8 Å². The molecule has 1 saturated carbocycles. The van der Waals surface area contributed by atoms with E-state index in [0.29, 0.717) is 55.3 Å². The number of hydrogen-bond acceptors (Lipinski definition) is 9. The van der Waals surface area contributed by atoms with Crippen LogP contribution in [-0.2, 0) is 30.5 Å². The standard InChI is InChI=1S/C46H51ClN8O6/c1-28-23-40(58)51-42-41(28)43(50-27-49-42)53-21-22-54(37-24-36(37)53)46(61)33(30-15-17-31(47)18-16-30)25-48-38(56)14-9-7-5-3-2-4-6-8-11-29-12-10-13-32-34(29)26-55(45(32)60)35-19-20-39(57)52-44(35)59/h10,12-13,15-18,27-28,33,35-37H,2-7,9,14,19-26H2,1H3,(H,48,56)(H,52,57,59)(H,49,50,51,58)/t28-,33-,35?,36+,37-/m1/s1. The lowest BCUT2D eigenvalue weighted by Gasteiger charge is -2.38. The smallest absolute Gasteiger partial charge is 0.255 e. The van der Waals surface area contributed by atoms with E-state index >= 15 is 0 Å². The molecule has 0 bridgehead atoms.